The summed E-state index contributed by atoms with van der Waals surface area (Å²) in [4.78, 5) is 0. The summed E-state index contributed by atoms with van der Waals surface area (Å²) in [5, 5.41) is 2.38. The van der Waals surface area contributed by atoms with E-state index in [1.807, 2.05) is 0 Å². The van der Waals surface area contributed by atoms with Gasteiger partial charge in [-0.25, -0.2) is 0 Å². The molecule has 0 aromatic rings. The molecule has 0 aromatic carbocycles. The SMILES string of the molecule is ClC1=C(Cl)[C@@H]2[C@@H]3C=C[C@H]([C@@H]2C(Cl)=C1Cl)[C@@H]1[C@H]3[C@@H]2C=C[C@H]1CC2. The van der Waals surface area contributed by atoms with Crippen LogP contribution in [0.25, 0.3) is 0 Å². The summed E-state index contributed by atoms with van der Waals surface area (Å²) in [5.41, 5.74) is 0. The smallest absolute Gasteiger partial charge is 0.0752 e. The highest BCUT2D eigenvalue weighted by Crippen LogP contribution is 2.66. The standard InChI is InChI=1S/C18H16Cl4/c19-15-13-9-5-6-10(14(13)16(20)18(22)17(15)21)12-8-2-1-7(3-4-8)11(9)12/h1-2,5-14H,3-4H2/t7-,8+,9-,10+,11+,12-,13-,14+. The van der Waals surface area contributed by atoms with Crippen LogP contribution in [-0.4, -0.2) is 0 Å². The normalized spacial score (nSPS) is 51.5. The van der Waals surface area contributed by atoms with Crippen molar-refractivity contribution in [2.45, 2.75) is 12.8 Å². The third-order valence-electron chi connectivity index (χ3n) is 6.73. The van der Waals surface area contributed by atoms with E-state index in [-0.39, 0.29) is 11.8 Å². The van der Waals surface area contributed by atoms with E-state index >= 15 is 0 Å². The average molecular weight is 374 g/mol. The van der Waals surface area contributed by atoms with Crippen molar-refractivity contribution in [1.82, 2.24) is 0 Å². The number of halogens is 4. The minimum absolute atomic E-state index is 0.216. The Kier molecular flexibility index (Phi) is 3.17. The van der Waals surface area contributed by atoms with Gasteiger partial charge in [0.15, 0.2) is 0 Å². The van der Waals surface area contributed by atoms with E-state index in [1.165, 1.54) is 12.8 Å². The molecule has 116 valence electrons. The average Bonchev–Trinajstić information content (AvgIpc) is 2.58. The zero-order valence-corrected chi connectivity index (χ0v) is 14.9. The Labute approximate surface area is 150 Å². The van der Waals surface area contributed by atoms with Crippen molar-refractivity contribution in [3.8, 4) is 0 Å². The van der Waals surface area contributed by atoms with Crippen molar-refractivity contribution < 1.29 is 0 Å². The number of hydrogen-bond donors (Lipinski definition) is 0. The molecule has 0 aromatic heterocycles. The summed E-state index contributed by atoms with van der Waals surface area (Å²) in [6.07, 6.45) is 12.3. The van der Waals surface area contributed by atoms with Gasteiger partial charge in [0.05, 0.1) is 10.1 Å². The Bertz CT molecular complexity index is 615. The van der Waals surface area contributed by atoms with Crippen molar-refractivity contribution in [2.24, 2.45) is 47.3 Å². The fraction of sp³-hybridized carbons (Fsp3) is 0.556. The lowest BCUT2D eigenvalue weighted by Gasteiger charge is -2.61. The molecule has 4 heteroatoms. The van der Waals surface area contributed by atoms with E-state index in [2.05, 4.69) is 24.3 Å². The first-order valence-electron chi connectivity index (χ1n) is 8.07. The highest BCUT2D eigenvalue weighted by Gasteiger charge is 2.60. The number of hydrogen-bond acceptors (Lipinski definition) is 0. The van der Waals surface area contributed by atoms with Crippen LogP contribution >= 0.6 is 46.4 Å². The third-order valence-corrected chi connectivity index (χ3v) is 8.69. The molecule has 0 spiro atoms. The fourth-order valence-corrected chi connectivity index (χ4v) is 7.33. The van der Waals surface area contributed by atoms with Crippen LogP contribution in [0.5, 0.6) is 0 Å². The van der Waals surface area contributed by atoms with E-state index < -0.39 is 0 Å². The monoisotopic (exact) mass is 372 g/mol. The predicted molar refractivity (Wildman–Crippen MR) is 92.9 cm³/mol. The minimum Gasteiger partial charge on any atom is -0.0871 e. The molecule has 7 rings (SSSR count). The van der Waals surface area contributed by atoms with Crippen molar-refractivity contribution in [3.05, 3.63) is 44.4 Å². The van der Waals surface area contributed by atoms with Gasteiger partial charge in [-0.15, -0.1) is 0 Å². The second-order valence-corrected chi connectivity index (χ2v) is 8.93. The summed E-state index contributed by atoms with van der Waals surface area (Å²) >= 11 is 26.0. The van der Waals surface area contributed by atoms with E-state index in [0.29, 0.717) is 45.6 Å². The lowest BCUT2D eigenvalue weighted by molar-refractivity contribution is -0.0386. The molecule has 0 heterocycles. The van der Waals surface area contributed by atoms with Crippen LogP contribution in [0.2, 0.25) is 0 Å². The number of fused-ring (bicyclic) bond motifs is 1. The second kappa shape index (κ2) is 4.82. The second-order valence-electron chi connectivity index (χ2n) is 7.36. The molecule has 0 amide bonds. The highest BCUT2D eigenvalue weighted by atomic mass is 35.5. The summed E-state index contributed by atoms with van der Waals surface area (Å²) in [6.45, 7) is 0. The van der Waals surface area contributed by atoms with Crippen molar-refractivity contribution >= 4 is 46.4 Å². The molecule has 22 heavy (non-hydrogen) atoms. The zero-order chi connectivity index (χ0) is 15.2. The van der Waals surface area contributed by atoms with Gasteiger partial charge in [-0.1, -0.05) is 70.7 Å². The van der Waals surface area contributed by atoms with Crippen LogP contribution in [0, 0.1) is 47.3 Å². The lowest BCUT2D eigenvalue weighted by atomic mass is 9.44. The van der Waals surface area contributed by atoms with E-state index in [0.717, 1.165) is 10.1 Å². The van der Waals surface area contributed by atoms with Crippen molar-refractivity contribution in [1.29, 1.82) is 0 Å². The van der Waals surface area contributed by atoms with Gasteiger partial charge in [-0.3, -0.25) is 0 Å². The maximum Gasteiger partial charge on any atom is 0.0752 e. The summed E-state index contributed by atoms with van der Waals surface area (Å²) in [7, 11) is 0. The molecule has 0 aliphatic heterocycles. The van der Waals surface area contributed by atoms with Gasteiger partial charge in [0.1, 0.15) is 0 Å². The first-order chi connectivity index (χ1) is 10.6. The highest BCUT2D eigenvalue weighted by molar-refractivity contribution is 6.51. The van der Waals surface area contributed by atoms with Gasteiger partial charge in [0.25, 0.3) is 0 Å². The first-order valence-corrected chi connectivity index (χ1v) is 9.58. The molecular formula is C18H16Cl4. The molecule has 0 unspecified atom stereocenters. The molecule has 4 bridgehead atoms. The predicted octanol–water partition coefficient (Wildman–Crippen LogP) is 6.26. The summed E-state index contributed by atoms with van der Waals surface area (Å²) in [5.74, 6) is 4.09. The topological polar surface area (TPSA) is 0 Å². The summed E-state index contributed by atoms with van der Waals surface area (Å²) < 4.78 is 0. The molecule has 0 N–H and O–H groups in total. The van der Waals surface area contributed by atoms with Gasteiger partial charge in [0, 0.05) is 21.9 Å². The largest absolute Gasteiger partial charge is 0.0871 e. The molecule has 2 saturated carbocycles. The Balaban J connectivity index is 1.68. The lowest BCUT2D eigenvalue weighted by Crippen LogP contribution is -2.56. The summed E-state index contributed by atoms with van der Waals surface area (Å²) in [6, 6.07) is 0. The van der Waals surface area contributed by atoms with Crippen molar-refractivity contribution in [2.75, 3.05) is 0 Å². The number of rotatable bonds is 0. The molecule has 0 nitrogen and oxygen atoms in total. The quantitative estimate of drug-likeness (QED) is 0.440. The fourth-order valence-electron chi connectivity index (χ4n) is 6.03. The van der Waals surface area contributed by atoms with E-state index in [9.17, 15) is 0 Å². The third kappa shape index (κ3) is 1.63. The van der Waals surface area contributed by atoms with Crippen LogP contribution in [0.3, 0.4) is 0 Å². The van der Waals surface area contributed by atoms with E-state index in [4.69, 9.17) is 46.4 Å². The Morgan fingerprint density at radius 2 is 1.05 bits per heavy atom. The van der Waals surface area contributed by atoms with Crippen LogP contribution in [0.1, 0.15) is 12.8 Å². The van der Waals surface area contributed by atoms with Crippen LogP contribution in [-0.2, 0) is 0 Å². The minimum atomic E-state index is 0.216. The van der Waals surface area contributed by atoms with Gasteiger partial charge in [-0.2, -0.15) is 0 Å². The Morgan fingerprint density at radius 3 is 1.41 bits per heavy atom. The van der Waals surface area contributed by atoms with Gasteiger partial charge >= 0.3 is 0 Å². The van der Waals surface area contributed by atoms with Gasteiger partial charge in [-0.05, 0) is 48.3 Å². The molecule has 7 aliphatic carbocycles. The number of allylic oxidation sites excluding steroid dienone is 8. The molecule has 0 saturated heterocycles. The molecular weight excluding hydrogens is 358 g/mol. The van der Waals surface area contributed by atoms with Gasteiger partial charge in [0.2, 0.25) is 0 Å². The molecule has 8 atom stereocenters. The van der Waals surface area contributed by atoms with Crippen LogP contribution in [0.4, 0.5) is 0 Å². The zero-order valence-electron chi connectivity index (χ0n) is 11.9. The maximum absolute atomic E-state index is 6.65. The Morgan fingerprint density at radius 1 is 0.636 bits per heavy atom. The van der Waals surface area contributed by atoms with Crippen LogP contribution < -0.4 is 0 Å². The molecule has 7 aliphatic rings. The first kappa shape index (κ1) is 14.5. The van der Waals surface area contributed by atoms with E-state index in [1.54, 1.807) is 0 Å². The molecule has 2 fully saturated rings. The Hall–Kier alpha value is 0.120. The maximum atomic E-state index is 6.65. The van der Waals surface area contributed by atoms with Crippen LogP contribution in [0.15, 0.2) is 44.4 Å². The molecule has 0 radical (unpaired) electrons. The van der Waals surface area contributed by atoms with Gasteiger partial charge < -0.3 is 0 Å². The van der Waals surface area contributed by atoms with Crippen molar-refractivity contribution in [3.63, 3.8) is 0 Å².